The van der Waals surface area contributed by atoms with Crippen molar-refractivity contribution in [2.75, 3.05) is 19.0 Å². The van der Waals surface area contributed by atoms with Crippen LogP contribution in [0.25, 0.3) is 0 Å². The minimum atomic E-state index is -0.444. The van der Waals surface area contributed by atoms with Gasteiger partial charge in [-0.15, -0.1) is 0 Å². The van der Waals surface area contributed by atoms with Crippen LogP contribution in [0.5, 0.6) is 5.75 Å². The van der Waals surface area contributed by atoms with Crippen molar-refractivity contribution < 1.29 is 14.3 Å². The van der Waals surface area contributed by atoms with Gasteiger partial charge in [-0.1, -0.05) is 30.7 Å². The Morgan fingerprint density at radius 2 is 1.89 bits per heavy atom. The summed E-state index contributed by atoms with van der Waals surface area (Å²) in [6, 6.07) is 12.9. The highest BCUT2D eigenvalue weighted by Crippen LogP contribution is 2.23. The number of thiocarbonyl (C=S) groups is 1. The van der Waals surface area contributed by atoms with E-state index in [9.17, 15) is 4.79 Å². The van der Waals surface area contributed by atoms with Crippen LogP contribution >= 0.6 is 23.8 Å². The molecule has 0 heterocycles. The fourth-order valence-electron chi connectivity index (χ4n) is 2.55. The molecule has 0 saturated heterocycles. The van der Waals surface area contributed by atoms with Crippen LogP contribution in [0.1, 0.15) is 42.2 Å². The molecule has 0 saturated carbocycles. The van der Waals surface area contributed by atoms with Crippen LogP contribution in [0.15, 0.2) is 42.5 Å². The van der Waals surface area contributed by atoms with Crippen molar-refractivity contribution in [2.45, 2.75) is 26.3 Å². The highest BCUT2D eigenvalue weighted by molar-refractivity contribution is 7.80. The monoisotopic (exact) mass is 406 g/mol. The zero-order chi connectivity index (χ0) is 19.8. The maximum Gasteiger partial charge on any atom is 0.339 e. The van der Waals surface area contributed by atoms with E-state index in [1.807, 2.05) is 24.3 Å². The molecule has 2 rings (SSSR count). The predicted molar refractivity (Wildman–Crippen MR) is 113 cm³/mol. The topological polar surface area (TPSA) is 59.6 Å². The van der Waals surface area contributed by atoms with Crippen LogP contribution in [0.4, 0.5) is 5.69 Å². The van der Waals surface area contributed by atoms with Crippen LogP contribution in [-0.2, 0) is 4.74 Å². The molecular weight excluding hydrogens is 384 g/mol. The summed E-state index contributed by atoms with van der Waals surface area (Å²) in [5, 5.41) is 7.17. The van der Waals surface area contributed by atoms with Crippen molar-refractivity contribution in [3.8, 4) is 5.75 Å². The van der Waals surface area contributed by atoms with Crippen LogP contribution in [0.2, 0.25) is 5.02 Å². The molecule has 2 aromatic carbocycles. The van der Waals surface area contributed by atoms with Gasteiger partial charge in [0.15, 0.2) is 5.11 Å². The van der Waals surface area contributed by atoms with E-state index in [-0.39, 0.29) is 6.04 Å². The zero-order valence-electron chi connectivity index (χ0n) is 15.5. The molecule has 0 fully saturated rings. The second kappa shape index (κ2) is 10.1. The minimum absolute atomic E-state index is 0.0604. The van der Waals surface area contributed by atoms with Crippen LogP contribution in [0, 0.1) is 0 Å². The average Bonchev–Trinajstić information content (AvgIpc) is 2.66. The van der Waals surface area contributed by atoms with Gasteiger partial charge >= 0.3 is 5.97 Å². The van der Waals surface area contributed by atoms with E-state index in [0.717, 1.165) is 17.7 Å². The maximum atomic E-state index is 11.8. The van der Waals surface area contributed by atoms with E-state index < -0.39 is 5.97 Å². The molecule has 0 radical (unpaired) electrons. The molecule has 2 aromatic rings. The van der Waals surface area contributed by atoms with E-state index in [1.54, 1.807) is 32.2 Å². The third kappa shape index (κ3) is 5.84. The number of methoxy groups -OCH3 is 1. The molecule has 0 aliphatic rings. The summed E-state index contributed by atoms with van der Waals surface area (Å²) >= 11 is 11.6. The first kappa shape index (κ1) is 21.0. The molecule has 0 aromatic heterocycles. The summed E-state index contributed by atoms with van der Waals surface area (Å²) in [6.45, 7) is 4.13. The van der Waals surface area contributed by atoms with Gasteiger partial charge in [-0.05, 0) is 61.5 Å². The van der Waals surface area contributed by atoms with E-state index in [0.29, 0.717) is 28.0 Å². The van der Waals surface area contributed by atoms with Gasteiger partial charge in [-0.25, -0.2) is 4.79 Å². The highest BCUT2D eigenvalue weighted by Gasteiger charge is 2.14. The second-order valence-electron chi connectivity index (χ2n) is 5.75. The fourth-order valence-corrected chi connectivity index (χ4v) is 3.07. The van der Waals surface area contributed by atoms with E-state index in [4.69, 9.17) is 33.3 Å². The standard InChI is InChI=1S/C20H23ClN2O3S/c1-4-18(13-6-9-15(25-3)10-7-13)23-20(27)22-14-8-11-16(17(21)12-14)19(24)26-5-2/h6-12,18H,4-5H2,1-3H3,(H2,22,23,27)/t18-/m1/s1. The van der Waals surface area contributed by atoms with Gasteiger partial charge in [-0.3, -0.25) is 0 Å². The van der Waals surface area contributed by atoms with Gasteiger partial charge in [0.1, 0.15) is 5.75 Å². The van der Waals surface area contributed by atoms with Crippen LogP contribution in [-0.4, -0.2) is 24.8 Å². The van der Waals surface area contributed by atoms with E-state index in [2.05, 4.69) is 17.6 Å². The fraction of sp³-hybridized carbons (Fsp3) is 0.300. The Hall–Kier alpha value is -2.31. The number of nitrogens with one attached hydrogen (secondary N) is 2. The Kier molecular flexibility index (Phi) is 7.88. The third-order valence-electron chi connectivity index (χ3n) is 3.95. The quantitative estimate of drug-likeness (QED) is 0.500. The summed E-state index contributed by atoms with van der Waals surface area (Å²) < 4.78 is 10.2. The van der Waals surface area contributed by atoms with Gasteiger partial charge in [0.25, 0.3) is 0 Å². The van der Waals surface area contributed by atoms with Crippen molar-refractivity contribution in [1.29, 1.82) is 0 Å². The van der Waals surface area contributed by atoms with Gasteiger partial charge in [0, 0.05) is 5.69 Å². The van der Waals surface area contributed by atoms with E-state index >= 15 is 0 Å². The Morgan fingerprint density at radius 3 is 2.44 bits per heavy atom. The molecule has 1 atom stereocenters. The molecule has 0 unspecified atom stereocenters. The normalized spacial score (nSPS) is 11.4. The van der Waals surface area contributed by atoms with Crippen molar-refractivity contribution in [1.82, 2.24) is 5.32 Å². The lowest BCUT2D eigenvalue weighted by atomic mass is 10.0. The summed E-state index contributed by atoms with van der Waals surface area (Å²) in [4.78, 5) is 11.8. The third-order valence-corrected chi connectivity index (χ3v) is 4.49. The molecule has 0 aliphatic heterocycles. The highest BCUT2D eigenvalue weighted by atomic mass is 35.5. The lowest BCUT2D eigenvalue weighted by molar-refractivity contribution is 0.0526. The summed E-state index contributed by atoms with van der Waals surface area (Å²) in [5.74, 6) is 0.367. The number of carbonyl (C=O) groups excluding carboxylic acids is 1. The summed E-state index contributed by atoms with van der Waals surface area (Å²) in [5.41, 5.74) is 2.13. The average molecular weight is 407 g/mol. The van der Waals surface area contributed by atoms with Crippen molar-refractivity contribution in [3.63, 3.8) is 0 Å². The largest absolute Gasteiger partial charge is 0.497 e. The SMILES string of the molecule is CCOC(=O)c1ccc(NC(=S)N[C@H](CC)c2ccc(OC)cc2)cc1Cl. The van der Waals surface area contributed by atoms with E-state index in [1.165, 1.54) is 0 Å². The van der Waals surface area contributed by atoms with Gasteiger partial charge in [0.05, 0.1) is 30.3 Å². The second-order valence-corrected chi connectivity index (χ2v) is 6.56. The van der Waals surface area contributed by atoms with Gasteiger partial charge < -0.3 is 20.1 Å². The first-order valence-electron chi connectivity index (χ1n) is 8.66. The Morgan fingerprint density at radius 1 is 1.19 bits per heavy atom. The summed E-state index contributed by atoms with van der Waals surface area (Å²) in [6.07, 6.45) is 0.858. The molecule has 7 heteroatoms. The minimum Gasteiger partial charge on any atom is -0.497 e. The number of benzene rings is 2. The Bertz CT molecular complexity index is 796. The molecule has 0 bridgehead atoms. The molecule has 0 amide bonds. The zero-order valence-corrected chi connectivity index (χ0v) is 17.1. The number of esters is 1. The Labute approximate surface area is 170 Å². The smallest absolute Gasteiger partial charge is 0.339 e. The first-order chi connectivity index (χ1) is 13.0. The molecule has 5 nitrogen and oxygen atoms in total. The molecule has 0 spiro atoms. The number of carbonyl (C=O) groups is 1. The van der Waals surface area contributed by atoms with Crippen LogP contribution < -0.4 is 15.4 Å². The van der Waals surface area contributed by atoms with Crippen molar-refractivity contribution in [3.05, 3.63) is 58.6 Å². The predicted octanol–water partition coefficient (Wildman–Crippen LogP) is 4.96. The number of hydrogen-bond acceptors (Lipinski definition) is 4. The number of rotatable bonds is 7. The molecular formula is C20H23ClN2O3S. The Balaban J connectivity index is 2.03. The number of anilines is 1. The number of hydrogen-bond donors (Lipinski definition) is 2. The van der Waals surface area contributed by atoms with Gasteiger partial charge in [0.2, 0.25) is 0 Å². The first-order valence-corrected chi connectivity index (χ1v) is 9.45. The van der Waals surface area contributed by atoms with Gasteiger partial charge in [-0.2, -0.15) is 0 Å². The molecule has 27 heavy (non-hydrogen) atoms. The molecule has 144 valence electrons. The number of halogens is 1. The lowest BCUT2D eigenvalue weighted by Gasteiger charge is -2.20. The van der Waals surface area contributed by atoms with Crippen molar-refractivity contribution >= 4 is 40.6 Å². The number of ether oxygens (including phenoxy) is 2. The molecule has 2 N–H and O–H groups in total. The van der Waals surface area contributed by atoms with Crippen LogP contribution in [0.3, 0.4) is 0 Å². The van der Waals surface area contributed by atoms with Crippen molar-refractivity contribution in [2.24, 2.45) is 0 Å². The maximum absolute atomic E-state index is 11.8. The lowest BCUT2D eigenvalue weighted by Crippen LogP contribution is -2.32. The summed E-state index contributed by atoms with van der Waals surface area (Å²) in [7, 11) is 1.64. The molecule has 0 aliphatic carbocycles.